The lowest BCUT2D eigenvalue weighted by Gasteiger charge is -2.09. The number of amides is 1. The van der Waals surface area contributed by atoms with Crippen molar-refractivity contribution < 1.29 is 17.6 Å². The molecule has 0 aliphatic carbocycles. The average molecular weight is 401 g/mol. The number of benzene rings is 2. The van der Waals surface area contributed by atoms with Crippen LogP contribution < -0.4 is 15.4 Å². The number of aromatic nitrogens is 2. The maximum Gasteiger partial charge on any atom is 0.274 e. The highest BCUT2D eigenvalue weighted by atomic mass is 32.2. The fourth-order valence-electron chi connectivity index (χ4n) is 2.26. The second-order valence-electron chi connectivity index (χ2n) is 5.83. The van der Waals surface area contributed by atoms with Crippen molar-refractivity contribution in [3.8, 4) is 0 Å². The third kappa shape index (κ3) is 5.48. The molecular formula is C18H16FN5O3S. The predicted octanol–water partition coefficient (Wildman–Crippen LogP) is 2.98. The van der Waals surface area contributed by atoms with Crippen molar-refractivity contribution in [3.05, 3.63) is 72.4 Å². The number of anilines is 4. The smallest absolute Gasteiger partial charge is 0.274 e. The lowest BCUT2D eigenvalue weighted by Crippen LogP contribution is -2.14. The number of sulfonamides is 1. The number of halogens is 1. The molecule has 0 fully saturated rings. The highest BCUT2D eigenvalue weighted by molar-refractivity contribution is 7.92. The number of hydrogen-bond donors (Lipinski definition) is 3. The molecule has 0 radical (unpaired) electrons. The summed E-state index contributed by atoms with van der Waals surface area (Å²) in [4.78, 5) is 20.3. The third-order valence-electron chi connectivity index (χ3n) is 3.46. The van der Waals surface area contributed by atoms with E-state index in [-0.39, 0.29) is 5.69 Å². The van der Waals surface area contributed by atoms with Crippen molar-refractivity contribution >= 4 is 38.8 Å². The van der Waals surface area contributed by atoms with Crippen molar-refractivity contribution in [1.82, 2.24) is 9.97 Å². The Hall–Kier alpha value is -3.53. The molecule has 1 heterocycles. The normalized spacial score (nSPS) is 10.9. The Labute approximate surface area is 160 Å². The molecule has 0 atom stereocenters. The molecule has 0 aliphatic rings. The summed E-state index contributed by atoms with van der Waals surface area (Å²) in [5.74, 6) is -0.489. The molecule has 0 saturated heterocycles. The Morgan fingerprint density at radius 2 is 1.54 bits per heavy atom. The topological polar surface area (TPSA) is 113 Å². The maximum absolute atomic E-state index is 12.9. The molecule has 0 unspecified atom stereocenters. The zero-order valence-corrected chi connectivity index (χ0v) is 15.5. The highest BCUT2D eigenvalue weighted by Gasteiger charge is 2.10. The van der Waals surface area contributed by atoms with Crippen LogP contribution in [0.5, 0.6) is 0 Å². The van der Waals surface area contributed by atoms with Crippen molar-refractivity contribution in [2.24, 2.45) is 0 Å². The van der Waals surface area contributed by atoms with Crippen molar-refractivity contribution in [2.45, 2.75) is 0 Å². The molecule has 0 spiro atoms. The Morgan fingerprint density at radius 1 is 0.929 bits per heavy atom. The fraction of sp³-hybridized carbons (Fsp3) is 0.0556. The molecule has 3 aromatic rings. The second kappa shape index (κ2) is 8.01. The first-order chi connectivity index (χ1) is 13.3. The van der Waals surface area contributed by atoms with E-state index < -0.39 is 21.7 Å². The van der Waals surface area contributed by atoms with Gasteiger partial charge in [0.1, 0.15) is 23.7 Å². The van der Waals surface area contributed by atoms with Gasteiger partial charge >= 0.3 is 0 Å². The van der Waals surface area contributed by atoms with Crippen LogP contribution in [0.4, 0.5) is 27.3 Å². The first kappa shape index (κ1) is 19.2. The van der Waals surface area contributed by atoms with E-state index in [4.69, 9.17) is 0 Å². The SMILES string of the molecule is CS(=O)(=O)Nc1ccc(Nc2cc(C(=O)Nc3ccc(F)cc3)ncn2)cc1. The maximum atomic E-state index is 12.9. The number of rotatable bonds is 6. The summed E-state index contributed by atoms with van der Waals surface area (Å²) in [6.07, 6.45) is 2.31. The van der Waals surface area contributed by atoms with Crippen LogP contribution in [0.1, 0.15) is 10.5 Å². The van der Waals surface area contributed by atoms with Crippen molar-refractivity contribution in [2.75, 3.05) is 21.6 Å². The third-order valence-corrected chi connectivity index (χ3v) is 4.07. The first-order valence-corrected chi connectivity index (χ1v) is 9.91. The van der Waals surface area contributed by atoms with E-state index in [1.807, 2.05) is 0 Å². The van der Waals surface area contributed by atoms with Gasteiger partial charge in [0.25, 0.3) is 5.91 Å². The standard InChI is InChI=1S/C18H16FN5O3S/c1-28(26,27)24-15-8-6-13(7-9-15)22-17-10-16(20-11-21-17)18(25)23-14-4-2-12(19)3-5-14/h2-11,24H,1H3,(H,23,25)(H,20,21,22). The van der Waals surface area contributed by atoms with Gasteiger partial charge in [-0.25, -0.2) is 22.8 Å². The van der Waals surface area contributed by atoms with Crippen LogP contribution in [-0.4, -0.2) is 30.5 Å². The molecule has 10 heteroatoms. The molecule has 144 valence electrons. The Balaban J connectivity index is 1.69. The van der Waals surface area contributed by atoms with Crippen molar-refractivity contribution in [1.29, 1.82) is 0 Å². The van der Waals surface area contributed by atoms with Gasteiger partial charge in [-0.05, 0) is 48.5 Å². The van der Waals surface area contributed by atoms with Gasteiger partial charge in [0.05, 0.1) is 6.26 Å². The number of carbonyl (C=O) groups excluding carboxylic acids is 1. The molecule has 1 aromatic heterocycles. The Bertz CT molecular complexity index is 1090. The highest BCUT2D eigenvalue weighted by Crippen LogP contribution is 2.19. The monoisotopic (exact) mass is 401 g/mol. The van der Waals surface area contributed by atoms with Gasteiger partial charge in [-0.3, -0.25) is 9.52 Å². The van der Waals surface area contributed by atoms with E-state index in [1.54, 1.807) is 24.3 Å². The van der Waals surface area contributed by atoms with Crippen LogP contribution in [0.15, 0.2) is 60.9 Å². The van der Waals surface area contributed by atoms with Gasteiger partial charge in [0, 0.05) is 23.1 Å². The summed E-state index contributed by atoms with van der Waals surface area (Å²) in [5, 5.41) is 5.62. The zero-order chi connectivity index (χ0) is 20.1. The van der Waals surface area contributed by atoms with Gasteiger partial charge in [0.15, 0.2) is 0 Å². The minimum Gasteiger partial charge on any atom is -0.340 e. The lowest BCUT2D eigenvalue weighted by atomic mass is 10.2. The van der Waals surface area contributed by atoms with Gasteiger partial charge < -0.3 is 10.6 Å². The van der Waals surface area contributed by atoms with Gasteiger partial charge in [-0.15, -0.1) is 0 Å². The largest absolute Gasteiger partial charge is 0.340 e. The number of carbonyl (C=O) groups is 1. The summed E-state index contributed by atoms with van der Waals surface area (Å²) in [7, 11) is -3.35. The quantitative estimate of drug-likeness (QED) is 0.585. The number of nitrogens with zero attached hydrogens (tertiary/aromatic N) is 2. The summed E-state index contributed by atoms with van der Waals surface area (Å²) >= 11 is 0. The molecule has 0 bridgehead atoms. The molecule has 1 amide bonds. The average Bonchev–Trinajstić information content (AvgIpc) is 2.64. The summed E-state index contributed by atoms with van der Waals surface area (Å²) in [6.45, 7) is 0. The van der Waals surface area contributed by atoms with Gasteiger partial charge in [-0.1, -0.05) is 0 Å². The number of nitrogens with one attached hydrogen (secondary N) is 3. The van der Waals surface area contributed by atoms with E-state index in [0.29, 0.717) is 22.9 Å². The second-order valence-corrected chi connectivity index (χ2v) is 7.57. The van der Waals surface area contributed by atoms with E-state index in [1.165, 1.54) is 36.7 Å². The lowest BCUT2D eigenvalue weighted by molar-refractivity contribution is 0.102. The van der Waals surface area contributed by atoms with Crippen LogP contribution >= 0.6 is 0 Å². The number of hydrogen-bond acceptors (Lipinski definition) is 6. The van der Waals surface area contributed by atoms with E-state index in [0.717, 1.165) is 6.26 Å². The summed E-state index contributed by atoms with van der Waals surface area (Å²) < 4.78 is 37.8. The summed E-state index contributed by atoms with van der Waals surface area (Å²) in [6, 6.07) is 13.3. The van der Waals surface area contributed by atoms with Crippen molar-refractivity contribution in [3.63, 3.8) is 0 Å². The molecule has 0 aliphatic heterocycles. The molecule has 28 heavy (non-hydrogen) atoms. The molecule has 3 N–H and O–H groups in total. The van der Waals surface area contributed by atoms with E-state index in [2.05, 4.69) is 25.3 Å². The van der Waals surface area contributed by atoms with Crippen LogP contribution in [0.3, 0.4) is 0 Å². The van der Waals surface area contributed by atoms with Gasteiger partial charge in [-0.2, -0.15) is 0 Å². The van der Waals surface area contributed by atoms with Crippen LogP contribution in [0.25, 0.3) is 0 Å². The summed E-state index contributed by atoms with van der Waals surface area (Å²) in [5.41, 5.74) is 1.63. The minimum atomic E-state index is -3.35. The Morgan fingerprint density at radius 3 is 2.18 bits per heavy atom. The molecule has 3 rings (SSSR count). The molecular weight excluding hydrogens is 385 g/mol. The minimum absolute atomic E-state index is 0.122. The van der Waals surface area contributed by atoms with Crippen LogP contribution in [-0.2, 0) is 10.0 Å². The zero-order valence-electron chi connectivity index (χ0n) is 14.7. The molecule has 0 saturated carbocycles. The van der Waals surface area contributed by atoms with Gasteiger partial charge in [0.2, 0.25) is 10.0 Å². The van der Waals surface area contributed by atoms with Crippen LogP contribution in [0, 0.1) is 5.82 Å². The van der Waals surface area contributed by atoms with Crippen LogP contribution in [0.2, 0.25) is 0 Å². The van der Waals surface area contributed by atoms with E-state index >= 15 is 0 Å². The molecule has 2 aromatic carbocycles. The fourth-order valence-corrected chi connectivity index (χ4v) is 2.83. The van der Waals surface area contributed by atoms with E-state index in [9.17, 15) is 17.6 Å². The molecule has 8 nitrogen and oxygen atoms in total. The predicted molar refractivity (Wildman–Crippen MR) is 105 cm³/mol. The Kier molecular flexibility index (Phi) is 5.50. The first-order valence-electron chi connectivity index (χ1n) is 8.02.